The number of fused-ring (bicyclic) bond motifs is 3. The molecule has 3 nitrogen and oxygen atoms in total. The molecule has 1 aromatic heterocycles. The highest BCUT2D eigenvalue weighted by molar-refractivity contribution is 6.30. The lowest BCUT2D eigenvalue weighted by Crippen LogP contribution is -2.55. The van der Waals surface area contributed by atoms with Crippen LogP contribution in [0.4, 0.5) is 4.39 Å². The van der Waals surface area contributed by atoms with E-state index in [1.807, 2.05) is 13.0 Å². The molecule has 0 amide bonds. The maximum absolute atomic E-state index is 16.5. The second-order valence-corrected chi connectivity index (χ2v) is 10.7. The maximum atomic E-state index is 16.5. The molecule has 0 N–H and O–H groups in total. The number of allylic oxidation sites excluding steroid dienone is 2. The van der Waals surface area contributed by atoms with Gasteiger partial charge in [-0.05, 0) is 75.0 Å². The minimum absolute atomic E-state index is 0.00421. The molecule has 0 saturated heterocycles. The van der Waals surface area contributed by atoms with Crippen LogP contribution in [0, 0.1) is 35.0 Å². The first kappa shape index (κ1) is 22.0. The number of aromatic nitrogens is 2. The van der Waals surface area contributed by atoms with Crippen molar-refractivity contribution in [3.63, 3.8) is 0 Å². The minimum Gasteiger partial charge on any atom is -0.297 e. The molecule has 1 aromatic rings. The fourth-order valence-corrected chi connectivity index (χ4v) is 7.80. The van der Waals surface area contributed by atoms with Crippen LogP contribution in [0.5, 0.6) is 0 Å². The molecule has 3 saturated carbocycles. The van der Waals surface area contributed by atoms with Gasteiger partial charge < -0.3 is 0 Å². The van der Waals surface area contributed by atoms with Gasteiger partial charge in [0.05, 0.1) is 17.8 Å². The molecule has 3 aliphatic carbocycles. The lowest BCUT2D eigenvalue weighted by molar-refractivity contribution is -0.135. The molecule has 0 aliphatic heterocycles. The third-order valence-electron chi connectivity index (χ3n) is 8.85. The number of carbonyl (C=O) groups excluding carboxylic acids is 1. The van der Waals surface area contributed by atoms with Crippen LogP contribution in [0.3, 0.4) is 0 Å². The fourth-order valence-electron chi connectivity index (χ4n) is 7.64. The molecular weight excluding hydrogens is 399 g/mol. The monoisotopic (exact) mass is 434 g/mol. The Hall–Kier alpha value is -1.16. The molecule has 3 aliphatic rings. The molecule has 30 heavy (non-hydrogen) atoms. The highest BCUT2D eigenvalue weighted by Crippen LogP contribution is 2.65. The Morgan fingerprint density at radius 2 is 2.10 bits per heavy atom. The molecular formula is C25H36ClFN2O. The van der Waals surface area contributed by atoms with Crippen molar-refractivity contribution >= 4 is 17.4 Å². The van der Waals surface area contributed by atoms with E-state index in [1.165, 1.54) is 0 Å². The van der Waals surface area contributed by atoms with Crippen LogP contribution in [-0.2, 0) is 11.3 Å². The Bertz CT molecular complexity index is 807. The molecule has 4 rings (SSSR count). The van der Waals surface area contributed by atoms with E-state index in [9.17, 15) is 4.79 Å². The smallest absolute Gasteiger partial charge is 0.157 e. The number of ketones is 1. The molecule has 5 heteroatoms. The molecule has 0 bridgehead atoms. The highest BCUT2D eigenvalue weighted by Gasteiger charge is 2.61. The SMILES string of the molecule is C/C=C/[C@H]1CC[C@H]2C3CC[C@H](C(=O)Cn4cc(Cl)cn4)[C@@]3(C)CCC2[C@@]1(F)CCC. The van der Waals surface area contributed by atoms with Crippen molar-refractivity contribution in [2.45, 2.75) is 84.4 Å². The summed E-state index contributed by atoms with van der Waals surface area (Å²) in [4.78, 5) is 13.2. The summed E-state index contributed by atoms with van der Waals surface area (Å²) in [5.41, 5.74) is -1.09. The number of rotatable bonds is 6. The van der Waals surface area contributed by atoms with Crippen molar-refractivity contribution in [3.8, 4) is 0 Å². The van der Waals surface area contributed by atoms with Gasteiger partial charge in [-0.25, -0.2) is 4.39 Å². The summed E-state index contributed by atoms with van der Waals surface area (Å²) in [7, 11) is 0. The van der Waals surface area contributed by atoms with E-state index in [0.717, 1.165) is 44.9 Å². The molecule has 2 unspecified atom stereocenters. The largest absolute Gasteiger partial charge is 0.297 e. The Morgan fingerprint density at radius 1 is 1.30 bits per heavy atom. The first-order chi connectivity index (χ1) is 14.3. The summed E-state index contributed by atoms with van der Waals surface area (Å²) in [6.07, 6.45) is 14.9. The molecule has 0 spiro atoms. The van der Waals surface area contributed by atoms with Gasteiger partial charge >= 0.3 is 0 Å². The molecule has 7 atom stereocenters. The van der Waals surface area contributed by atoms with Crippen LogP contribution in [0.1, 0.15) is 72.1 Å². The molecule has 1 heterocycles. The van der Waals surface area contributed by atoms with Crippen molar-refractivity contribution in [1.29, 1.82) is 0 Å². The number of hydrogen-bond donors (Lipinski definition) is 0. The Kier molecular flexibility index (Phi) is 6.18. The van der Waals surface area contributed by atoms with E-state index in [1.54, 1.807) is 17.1 Å². The Balaban J connectivity index is 1.55. The summed E-state index contributed by atoms with van der Waals surface area (Å²) in [6.45, 7) is 6.73. The van der Waals surface area contributed by atoms with Gasteiger partial charge in [0.15, 0.2) is 5.78 Å². The second-order valence-electron chi connectivity index (χ2n) is 10.3. The first-order valence-corrected chi connectivity index (χ1v) is 12.2. The van der Waals surface area contributed by atoms with Gasteiger partial charge in [0, 0.05) is 18.0 Å². The van der Waals surface area contributed by atoms with Gasteiger partial charge in [0.2, 0.25) is 0 Å². The van der Waals surface area contributed by atoms with Crippen LogP contribution in [0.15, 0.2) is 24.5 Å². The van der Waals surface area contributed by atoms with E-state index >= 15 is 4.39 Å². The van der Waals surface area contributed by atoms with E-state index in [4.69, 9.17) is 11.6 Å². The van der Waals surface area contributed by atoms with Crippen LogP contribution in [-0.4, -0.2) is 21.2 Å². The average Bonchev–Trinajstić information content (AvgIpc) is 3.26. The van der Waals surface area contributed by atoms with Crippen LogP contribution in [0.2, 0.25) is 5.02 Å². The number of hydrogen-bond acceptors (Lipinski definition) is 2. The summed E-state index contributed by atoms with van der Waals surface area (Å²) in [6, 6.07) is 0. The Labute approximate surface area is 185 Å². The van der Waals surface area contributed by atoms with Crippen molar-refractivity contribution in [3.05, 3.63) is 29.6 Å². The Morgan fingerprint density at radius 3 is 2.77 bits per heavy atom. The predicted octanol–water partition coefficient (Wildman–Crippen LogP) is 6.66. The van der Waals surface area contributed by atoms with Crippen molar-refractivity contribution < 1.29 is 9.18 Å². The maximum Gasteiger partial charge on any atom is 0.157 e. The summed E-state index contributed by atoms with van der Waals surface area (Å²) in [5, 5.41) is 4.75. The molecule has 0 aromatic carbocycles. The molecule has 3 fully saturated rings. The zero-order chi connectivity index (χ0) is 21.5. The van der Waals surface area contributed by atoms with Gasteiger partial charge in [-0.15, -0.1) is 0 Å². The number of nitrogens with zero attached hydrogens (tertiary/aromatic N) is 2. The van der Waals surface area contributed by atoms with E-state index < -0.39 is 5.67 Å². The van der Waals surface area contributed by atoms with Gasteiger partial charge in [0.25, 0.3) is 0 Å². The predicted molar refractivity (Wildman–Crippen MR) is 119 cm³/mol. The standard InChI is InChI=1S/C25H36ClFN2O/c1-4-6-17-7-8-19-20-9-10-22(23(30)16-29-15-18(26)14-28-29)24(20,3)13-11-21(19)25(17,27)12-5-2/h4,6,14-15,17,19-22H,5,7-13,16H2,1-3H3/b6-4+/t17-,19-,20?,21?,22+,24-,25+/m0/s1. The zero-order valence-electron chi connectivity index (χ0n) is 18.6. The third-order valence-corrected chi connectivity index (χ3v) is 9.04. The normalized spacial score (nSPS) is 41.0. The lowest BCUT2D eigenvalue weighted by Gasteiger charge is -2.56. The van der Waals surface area contributed by atoms with E-state index in [0.29, 0.717) is 29.8 Å². The molecule has 166 valence electrons. The van der Waals surface area contributed by atoms with Crippen molar-refractivity contribution in [2.75, 3.05) is 0 Å². The fraction of sp³-hybridized carbons (Fsp3) is 0.760. The zero-order valence-corrected chi connectivity index (χ0v) is 19.4. The summed E-state index contributed by atoms with van der Waals surface area (Å²) in [5.74, 6) is 1.39. The van der Waals surface area contributed by atoms with Crippen LogP contribution >= 0.6 is 11.6 Å². The van der Waals surface area contributed by atoms with Gasteiger partial charge in [-0.2, -0.15) is 5.10 Å². The van der Waals surface area contributed by atoms with Gasteiger partial charge in [-0.1, -0.05) is 44.0 Å². The van der Waals surface area contributed by atoms with Crippen LogP contribution in [0.25, 0.3) is 0 Å². The quantitative estimate of drug-likeness (QED) is 0.469. The molecule has 0 radical (unpaired) electrons. The summed E-state index contributed by atoms with van der Waals surface area (Å²) >= 11 is 5.97. The third kappa shape index (κ3) is 3.57. The van der Waals surface area contributed by atoms with Gasteiger partial charge in [-0.3, -0.25) is 9.48 Å². The minimum atomic E-state index is -1.08. The number of alkyl halides is 1. The summed E-state index contributed by atoms with van der Waals surface area (Å²) < 4.78 is 18.2. The van der Waals surface area contributed by atoms with Crippen molar-refractivity contribution in [1.82, 2.24) is 9.78 Å². The van der Waals surface area contributed by atoms with Crippen LogP contribution < -0.4 is 0 Å². The van der Waals surface area contributed by atoms with E-state index in [-0.39, 0.29) is 29.0 Å². The number of halogens is 2. The topological polar surface area (TPSA) is 34.9 Å². The first-order valence-electron chi connectivity index (χ1n) is 11.9. The lowest BCUT2D eigenvalue weighted by atomic mass is 9.49. The second kappa shape index (κ2) is 8.41. The number of carbonyl (C=O) groups is 1. The average molecular weight is 435 g/mol. The highest BCUT2D eigenvalue weighted by atomic mass is 35.5. The van der Waals surface area contributed by atoms with Crippen molar-refractivity contribution in [2.24, 2.45) is 35.0 Å². The van der Waals surface area contributed by atoms with E-state index in [2.05, 4.69) is 25.0 Å². The number of Topliss-reactive ketones (excluding diaryl/α,β-unsaturated/α-hetero) is 1. The van der Waals surface area contributed by atoms with Gasteiger partial charge in [0.1, 0.15) is 5.67 Å².